The average Bonchev–Trinajstić information content (AvgIpc) is 2.76. The van der Waals surface area contributed by atoms with E-state index in [0.29, 0.717) is 25.5 Å². The van der Waals surface area contributed by atoms with Gasteiger partial charge in [-0.3, -0.25) is 9.59 Å². The fourth-order valence-corrected chi connectivity index (χ4v) is 4.70. The molecule has 0 aromatic rings. The van der Waals surface area contributed by atoms with E-state index in [9.17, 15) is 9.59 Å². The van der Waals surface area contributed by atoms with Gasteiger partial charge >= 0.3 is 0 Å². The van der Waals surface area contributed by atoms with Crippen LogP contribution in [0, 0.1) is 16.7 Å². The van der Waals surface area contributed by atoms with Crippen molar-refractivity contribution in [2.75, 3.05) is 37.8 Å². The second-order valence-corrected chi connectivity index (χ2v) is 15.0. The van der Waals surface area contributed by atoms with Gasteiger partial charge in [-0.1, -0.05) is 70.1 Å². The zero-order chi connectivity index (χ0) is 27.8. The zero-order valence-corrected chi connectivity index (χ0v) is 26.3. The van der Waals surface area contributed by atoms with E-state index in [2.05, 4.69) is 69.6 Å². The maximum atomic E-state index is 12.6. The molecule has 0 spiro atoms. The molecule has 0 unspecified atom stereocenters. The van der Waals surface area contributed by atoms with Gasteiger partial charge in [-0.05, 0) is 51.4 Å². The Morgan fingerprint density at radius 1 is 0.944 bits per heavy atom. The fraction of sp³-hybridized carbons (Fsp3) is 0.889. The number of carbonyl (C=O) groups excluding carboxylic acids is 2. The largest absolute Gasteiger partial charge is 0.381 e. The Labute approximate surface area is 229 Å². The molecule has 0 saturated carbocycles. The number of carbonyl (C=O) groups is 2. The fourth-order valence-electron chi connectivity index (χ4n) is 2.80. The van der Waals surface area contributed by atoms with Crippen LogP contribution >= 0.6 is 21.6 Å². The molecule has 0 bridgehead atoms. The number of rotatable bonds is 19. The van der Waals surface area contributed by atoms with Crippen molar-refractivity contribution >= 4 is 39.1 Å². The topological polar surface area (TPSA) is 91.8 Å². The normalized spacial score (nSPS) is 13.2. The second kappa shape index (κ2) is 17.7. The van der Waals surface area contributed by atoms with Crippen molar-refractivity contribution in [1.29, 1.82) is 0 Å². The lowest BCUT2D eigenvalue weighted by molar-refractivity contribution is -0.129. The van der Waals surface area contributed by atoms with Crippen LogP contribution in [0.25, 0.3) is 0 Å². The van der Waals surface area contributed by atoms with E-state index in [-0.39, 0.29) is 22.8 Å². The predicted molar refractivity (Wildman–Crippen MR) is 159 cm³/mol. The Morgan fingerprint density at radius 3 is 2.19 bits per heavy atom. The maximum Gasteiger partial charge on any atom is 0.245 e. The summed E-state index contributed by atoms with van der Waals surface area (Å²) in [7, 11) is 3.53. The van der Waals surface area contributed by atoms with Crippen LogP contribution in [0.1, 0.15) is 94.9 Å². The van der Waals surface area contributed by atoms with Crippen LogP contribution in [0.3, 0.4) is 0 Å². The number of amides is 2. The Hall–Kier alpha value is -0.770. The summed E-state index contributed by atoms with van der Waals surface area (Å²) in [6.45, 7) is 23.8. The molecule has 0 aliphatic rings. The van der Waals surface area contributed by atoms with Crippen molar-refractivity contribution in [3.63, 3.8) is 0 Å². The predicted octanol–water partition coefficient (Wildman–Crippen LogP) is 5.65. The van der Waals surface area contributed by atoms with Crippen LogP contribution in [-0.2, 0) is 14.3 Å². The first-order valence-corrected chi connectivity index (χ1v) is 15.7. The van der Waals surface area contributed by atoms with Gasteiger partial charge in [-0.15, -0.1) is 0 Å². The van der Waals surface area contributed by atoms with Gasteiger partial charge in [0.25, 0.3) is 0 Å². The van der Waals surface area contributed by atoms with Crippen molar-refractivity contribution in [2.45, 2.75) is 100 Å². The van der Waals surface area contributed by atoms with E-state index in [4.69, 9.17) is 4.74 Å². The molecule has 3 N–H and O–H groups in total. The molecule has 0 aromatic carbocycles. The van der Waals surface area contributed by atoms with Gasteiger partial charge in [0.2, 0.25) is 11.8 Å². The summed E-state index contributed by atoms with van der Waals surface area (Å²) in [6, 6.07) is 0. The number of hydrogen-bond acceptors (Lipinski definition) is 7. The lowest BCUT2D eigenvalue weighted by atomic mass is 9.82. The number of nitrogens with zero attached hydrogens (tertiary/aromatic N) is 1. The van der Waals surface area contributed by atoms with Crippen molar-refractivity contribution < 1.29 is 14.3 Å². The minimum Gasteiger partial charge on any atom is -0.381 e. The monoisotopic (exact) mass is 546 g/mol. The van der Waals surface area contributed by atoms with Gasteiger partial charge in [0.1, 0.15) is 0 Å². The Bertz CT molecular complexity index is 674. The molecule has 0 saturated heterocycles. The smallest absolute Gasteiger partial charge is 0.245 e. The maximum absolute atomic E-state index is 12.6. The standard InChI is InChI=1S/C27H54N4O3S2/c1-21(2)22(3)30-31-24(33)26(7,8)13-14-27(9,10)29-16-19-36-35-18-12-23(32)28-15-11-17-34-20-25(4,5)6/h21,29H,11-20H2,1-10H3,(H,28,32)(H,31,33)/b30-22+. The van der Waals surface area contributed by atoms with E-state index >= 15 is 0 Å². The highest BCUT2D eigenvalue weighted by atomic mass is 33.1. The van der Waals surface area contributed by atoms with E-state index in [1.165, 1.54) is 0 Å². The number of hydrazone groups is 1. The summed E-state index contributed by atoms with van der Waals surface area (Å²) in [4.78, 5) is 24.5. The zero-order valence-electron chi connectivity index (χ0n) is 24.6. The Balaban J connectivity index is 3.93. The molecular formula is C27H54N4O3S2. The molecule has 7 nitrogen and oxygen atoms in total. The number of ether oxygens (including phenoxy) is 1. The quantitative estimate of drug-likeness (QED) is 0.0839. The number of nitrogens with one attached hydrogen (secondary N) is 3. The van der Waals surface area contributed by atoms with Crippen LogP contribution in [0.15, 0.2) is 5.10 Å². The molecule has 0 aromatic heterocycles. The summed E-state index contributed by atoms with van der Waals surface area (Å²) in [6.07, 6.45) is 3.05. The van der Waals surface area contributed by atoms with Gasteiger partial charge in [-0.2, -0.15) is 5.10 Å². The minimum absolute atomic E-state index is 0.0387. The first-order chi connectivity index (χ1) is 16.6. The first kappa shape index (κ1) is 35.2. The van der Waals surface area contributed by atoms with Crippen molar-refractivity contribution in [1.82, 2.24) is 16.1 Å². The molecule has 0 aliphatic carbocycles. The van der Waals surface area contributed by atoms with Crippen molar-refractivity contribution in [3.8, 4) is 0 Å². The summed E-state index contributed by atoms with van der Waals surface area (Å²) < 4.78 is 5.62. The molecular weight excluding hydrogens is 492 g/mol. The highest BCUT2D eigenvalue weighted by molar-refractivity contribution is 8.76. The second-order valence-electron chi connectivity index (χ2n) is 12.3. The van der Waals surface area contributed by atoms with Gasteiger partial charge in [0, 0.05) is 54.3 Å². The SMILES string of the molecule is C/C(=N\NC(=O)C(C)(C)CCC(C)(C)NCCSSCCC(=O)NCCCOCC(C)(C)C)C(C)C. The number of hydrogen-bond donors (Lipinski definition) is 3. The summed E-state index contributed by atoms with van der Waals surface area (Å²) in [5.74, 6) is 2.16. The van der Waals surface area contributed by atoms with E-state index in [1.54, 1.807) is 21.6 Å². The molecule has 0 atom stereocenters. The van der Waals surface area contributed by atoms with Gasteiger partial charge in [0.15, 0.2) is 0 Å². The van der Waals surface area contributed by atoms with Gasteiger partial charge < -0.3 is 15.4 Å². The van der Waals surface area contributed by atoms with Crippen LogP contribution in [0.5, 0.6) is 0 Å². The average molecular weight is 547 g/mol. The molecule has 2 amide bonds. The van der Waals surface area contributed by atoms with Crippen LogP contribution in [-0.4, -0.2) is 60.9 Å². The van der Waals surface area contributed by atoms with E-state index < -0.39 is 5.41 Å². The Morgan fingerprint density at radius 2 is 1.58 bits per heavy atom. The van der Waals surface area contributed by atoms with Crippen LogP contribution < -0.4 is 16.1 Å². The van der Waals surface area contributed by atoms with Crippen LogP contribution in [0.2, 0.25) is 0 Å². The minimum atomic E-state index is -0.482. The van der Waals surface area contributed by atoms with Gasteiger partial charge in [0.05, 0.1) is 6.61 Å². The molecule has 0 heterocycles. The molecule has 212 valence electrons. The summed E-state index contributed by atoms with van der Waals surface area (Å²) >= 11 is 0. The first-order valence-electron chi connectivity index (χ1n) is 13.2. The summed E-state index contributed by atoms with van der Waals surface area (Å²) in [5, 5.41) is 10.8. The highest BCUT2D eigenvalue weighted by Gasteiger charge is 2.30. The Kier molecular flexibility index (Phi) is 17.3. The van der Waals surface area contributed by atoms with E-state index in [1.807, 2.05) is 20.8 Å². The third-order valence-electron chi connectivity index (χ3n) is 5.77. The lowest BCUT2D eigenvalue weighted by Crippen LogP contribution is -2.43. The molecule has 0 radical (unpaired) electrons. The van der Waals surface area contributed by atoms with E-state index in [0.717, 1.165) is 49.6 Å². The molecule has 36 heavy (non-hydrogen) atoms. The molecule has 0 aliphatic heterocycles. The molecule has 9 heteroatoms. The van der Waals surface area contributed by atoms with Crippen LogP contribution in [0.4, 0.5) is 0 Å². The third-order valence-corrected chi connectivity index (χ3v) is 8.17. The van der Waals surface area contributed by atoms with Crippen molar-refractivity contribution in [2.24, 2.45) is 21.8 Å². The summed E-state index contributed by atoms with van der Waals surface area (Å²) in [5.41, 5.74) is 3.30. The molecule has 0 fully saturated rings. The molecule has 0 rings (SSSR count). The van der Waals surface area contributed by atoms with Crippen molar-refractivity contribution in [3.05, 3.63) is 0 Å². The lowest BCUT2D eigenvalue weighted by Gasteiger charge is -2.31. The third kappa shape index (κ3) is 19.4. The highest BCUT2D eigenvalue weighted by Crippen LogP contribution is 2.27. The van der Waals surface area contributed by atoms with Gasteiger partial charge in [-0.25, -0.2) is 5.43 Å².